The lowest BCUT2D eigenvalue weighted by Gasteiger charge is -2.10. The molecule has 0 radical (unpaired) electrons. The summed E-state index contributed by atoms with van der Waals surface area (Å²) >= 11 is 0. The van der Waals surface area contributed by atoms with Crippen molar-refractivity contribution in [3.63, 3.8) is 0 Å². The molecular formula is C20H26N4O. The van der Waals surface area contributed by atoms with Crippen LogP contribution in [0.3, 0.4) is 0 Å². The lowest BCUT2D eigenvalue weighted by molar-refractivity contribution is 0.507. The first kappa shape index (κ1) is 17.1. The number of rotatable bonds is 8. The Morgan fingerprint density at radius 2 is 2.04 bits per heavy atom. The Morgan fingerprint density at radius 1 is 1.12 bits per heavy atom. The van der Waals surface area contributed by atoms with Gasteiger partial charge < -0.3 is 20.0 Å². The second kappa shape index (κ2) is 8.97. The van der Waals surface area contributed by atoms with Gasteiger partial charge in [-0.25, -0.2) is 0 Å². The Morgan fingerprint density at radius 3 is 2.88 bits per heavy atom. The first-order valence-corrected chi connectivity index (χ1v) is 8.96. The molecule has 2 aromatic heterocycles. The van der Waals surface area contributed by atoms with Crippen LogP contribution in [0.5, 0.6) is 0 Å². The van der Waals surface area contributed by atoms with Gasteiger partial charge in [0, 0.05) is 43.2 Å². The molecule has 0 saturated heterocycles. The van der Waals surface area contributed by atoms with E-state index >= 15 is 0 Å². The van der Waals surface area contributed by atoms with Crippen molar-refractivity contribution in [2.75, 3.05) is 19.6 Å². The fraction of sp³-hybridized carbons (Fsp3) is 0.350. The number of aromatic nitrogens is 1. The summed E-state index contributed by atoms with van der Waals surface area (Å²) in [5.74, 6) is 1.86. The smallest absolute Gasteiger partial charge is 0.191 e. The van der Waals surface area contributed by atoms with Gasteiger partial charge in [-0.05, 0) is 43.5 Å². The van der Waals surface area contributed by atoms with Crippen LogP contribution in [-0.2, 0) is 12.8 Å². The minimum absolute atomic E-state index is 0.801. The summed E-state index contributed by atoms with van der Waals surface area (Å²) in [5.41, 5.74) is 2.57. The van der Waals surface area contributed by atoms with E-state index < -0.39 is 0 Å². The maximum Gasteiger partial charge on any atom is 0.191 e. The van der Waals surface area contributed by atoms with Gasteiger partial charge in [0.15, 0.2) is 5.96 Å². The average molecular weight is 338 g/mol. The SMILES string of the molecule is CCNC(=NCCCc1c[nH]c2ccccc12)NCCc1ccco1. The number of nitrogens with zero attached hydrogens (tertiary/aromatic N) is 1. The third-order valence-corrected chi connectivity index (χ3v) is 4.14. The lowest BCUT2D eigenvalue weighted by Crippen LogP contribution is -2.38. The number of benzene rings is 1. The number of fused-ring (bicyclic) bond motifs is 1. The van der Waals surface area contributed by atoms with Crippen LogP contribution in [0.2, 0.25) is 0 Å². The molecule has 0 unspecified atom stereocenters. The molecule has 0 aliphatic carbocycles. The molecule has 3 rings (SSSR count). The monoisotopic (exact) mass is 338 g/mol. The Balaban J connectivity index is 1.46. The number of aryl methyl sites for hydroxylation is 1. The van der Waals surface area contributed by atoms with Crippen molar-refractivity contribution in [3.8, 4) is 0 Å². The van der Waals surface area contributed by atoms with E-state index in [2.05, 4.69) is 58.0 Å². The van der Waals surface area contributed by atoms with Crippen LogP contribution in [0.4, 0.5) is 0 Å². The molecule has 0 aliphatic rings. The summed E-state index contributed by atoms with van der Waals surface area (Å²) in [7, 11) is 0. The second-order valence-corrected chi connectivity index (χ2v) is 5.98. The average Bonchev–Trinajstić information content (AvgIpc) is 3.28. The highest BCUT2D eigenvalue weighted by molar-refractivity contribution is 5.83. The van der Waals surface area contributed by atoms with E-state index in [0.717, 1.165) is 50.6 Å². The van der Waals surface area contributed by atoms with Crippen molar-refractivity contribution in [1.29, 1.82) is 0 Å². The van der Waals surface area contributed by atoms with E-state index in [4.69, 9.17) is 4.42 Å². The van der Waals surface area contributed by atoms with Crippen LogP contribution in [-0.4, -0.2) is 30.6 Å². The molecular weight excluding hydrogens is 312 g/mol. The van der Waals surface area contributed by atoms with Gasteiger partial charge in [-0.1, -0.05) is 18.2 Å². The molecule has 132 valence electrons. The molecule has 0 spiro atoms. The predicted octanol–water partition coefficient (Wildman–Crippen LogP) is 3.49. The van der Waals surface area contributed by atoms with Crippen molar-refractivity contribution in [2.24, 2.45) is 4.99 Å². The van der Waals surface area contributed by atoms with Gasteiger partial charge in [0.25, 0.3) is 0 Å². The minimum Gasteiger partial charge on any atom is -0.469 e. The summed E-state index contributed by atoms with van der Waals surface area (Å²) in [5, 5.41) is 7.96. The van der Waals surface area contributed by atoms with E-state index in [0.29, 0.717) is 0 Å². The highest BCUT2D eigenvalue weighted by atomic mass is 16.3. The molecule has 5 nitrogen and oxygen atoms in total. The van der Waals surface area contributed by atoms with Crippen molar-refractivity contribution >= 4 is 16.9 Å². The highest BCUT2D eigenvalue weighted by Gasteiger charge is 2.03. The Labute approximate surface area is 148 Å². The first-order valence-electron chi connectivity index (χ1n) is 8.96. The van der Waals surface area contributed by atoms with E-state index in [1.54, 1.807) is 6.26 Å². The zero-order valence-corrected chi connectivity index (χ0v) is 14.7. The van der Waals surface area contributed by atoms with Crippen LogP contribution in [0.25, 0.3) is 10.9 Å². The number of hydrogen-bond acceptors (Lipinski definition) is 2. The number of guanidine groups is 1. The number of aromatic amines is 1. The predicted molar refractivity (Wildman–Crippen MR) is 103 cm³/mol. The zero-order valence-electron chi connectivity index (χ0n) is 14.7. The Bertz CT molecular complexity index is 789. The number of para-hydroxylation sites is 1. The topological polar surface area (TPSA) is 65.3 Å². The van der Waals surface area contributed by atoms with Gasteiger partial charge in [-0.3, -0.25) is 4.99 Å². The second-order valence-electron chi connectivity index (χ2n) is 5.98. The molecule has 0 bridgehead atoms. The fourth-order valence-electron chi connectivity index (χ4n) is 2.90. The number of aliphatic imine (C=N–C) groups is 1. The summed E-state index contributed by atoms with van der Waals surface area (Å²) in [4.78, 5) is 8.00. The molecule has 0 aliphatic heterocycles. The van der Waals surface area contributed by atoms with Crippen molar-refractivity contribution in [1.82, 2.24) is 15.6 Å². The molecule has 0 atom stereocenters. The van der Waals surface area contributed by atoms with Crippen molar-refractivity contribution in [2.45, 2.75) is 26.2 Å². The van der Waals surface area contributed by atoms with Crippen LogP contribution < -0.4 is 10.6 Å². The largest absolute Gasteiger partial charge is 0.469 e. The van der Waals surface area contributed by atoms with Crippen LogP contribution in [0, 0.1) is 0 Å². The number of nitrogens with one attached hydrogen (secondary N) is 3. The zero-order chi connectivity index (χ0) is 17.3. The fourth-order valence-corrected chi connectivity index (χ4v) is 2.90. The molecule has 3 N–H and O–H groups in total. The molecule has 25 heavy (non-hydrogen) atoms. The van der Waals surface area contributed by atoms with E-state index in [1.165, 1.54) is 16.5 Å². The Hall–Kier alpha value is -2.69. The highest BCUT2D eigenvalue weighted by Crippen LogP contribution is 2.18. The quantitative estimate of drug-likeness (QED) is 0.335. The number of hydrogen-bond donors (Lipinski definition) is 3. The van der Waals surface area contributed by atoms with Gasteiger partial charge in [-0.2, -0.15) is 0 Å². The van der Waals surface area contributed by atoms with Crippen LogP contribution in [0.15, 0.2) is 58.3 Å². The molecule has 3 aromatic rings. The maximum atomic E-state index is 5.35. The first-order chi connectivity index (χ1) is 12.4. The normalized spacial score (nSPS) is 11.8. The third-order valence-electron chi connectivity index (χ3n) is 4.14. The maximum absolute atomic E-state index is 5.35. The molecule has 0 fully saturated rings. The lowest BCUT2D eigenvalue weighted by atomic mass is 10.1. The summed E-state index contributed by atoms with van der Waals surface area (Å²) in [6, 6.07) is 12.3. The molecule has 0 amide bonds. The van der Waals surface area contributed by atoms with Gasteiger partial charge in [0.2, 0.25) is 0 Å². The Kier molecular flexibility index (Phi) is 6.15. The van der Waals surface area contributed by atoms with E-state index in [9.17, 15) is 0 Å². The van der Waals surface area contributed by atoms with Gasteiger partial charge >= 0.3 is 0 Å². The van der Waals surface area contributed by atoms with Gasteiger partial charge in [0.05, 0.1) is 6.26 Å². The molecule has 1 aromatic carbocycles. The molecule has 5 heteroatoms. The van der Waals surface area contributed by atoms with Crippen LogP contribution in [0.1, 0.15) is 24.7 Å². The summed E-state index contributed by atoms with van der Waals surface area (Å²) in [6.07, 6.45) is 6.73. The van der Waals surface area contributed by atoms with Gasteiger partial charge in [-0.15, -0.1) is 0 Å². The molecule has 2 heterocycles. The third kappa shape index (κ3) is 4.89. The summed E-state index contributed by atoms with van der Waals surface area (Å²) < 4.78 is 5.35. The number of furan rings is 1. The minimum atomic E-state index is 0.801. The van der Waals surface area contributed by atoms with E-state index in [1.807, 2.05) is 12.1 Å². The van der Waals surface area contributed by atoms with Crippen molar-refractivity contribution in [3.05, 3.63) is 60.2 Å². The molecule has 0 saturated carbocycles. The van der Waals surface area contributed by atoms with E-state index in [-0.39, 0.29) is 0 Å². The standard InChI is InChI=1S/C20H26N4O/c1-2-21-20(23-13-11-17-8-6-14-25-17)22-12-5-7-16-15-24-19-10-4-3-9-18(16)19/h3-4,6,8-10,14-15,24H,2,5,7,11-13H2,1H3,(H2,21,22,23). The number of H-pyrrole nitrogens is 1. The van der Waals surface area contributed by atoms with Gasteiger partial charge in [0.1, 0.15) is 5.76 Å². The van der Waals surface area contributed by atoms with Crippen molar-refractivity contribution < 1.29 is 4.42 Å². The summed E-state index contributed by atoms with van der Waals surface area (Å²) in [6.45, 7) is 4.54. The van der Waals surface area contributed by atoms with Crippen LogP contribution >= 0.6 is 0 Å².